The van der Waals surface area contributed by atoms with E-state index < -0.39 is 5.54 Å². The molecule has 1 aliphatic heterocycles. The van der Waals surface area contributed by atoms with E-state index in [1.165, 1.54) is 0 Å². The molecule has 0 amide bonds. The molecule has 2 aromatic rings. The summed E-state index contributed by atoms with van der Waals surface area (Å²) in [5, 5.41) is 0. The average molecular weight is 393 g/mol. The number of halogens is 1. The van der Waals surface area contributed by atoms with E-state index in [0.29, 0.717) is 12.8 Å². The van der Waals surface area contributed by atoms with Gasteiger partial charge in [0.2, 0.25) is 0 Å². The number of alkyl halides is 1. The largest absolute Gasteiger partial charge is 0.300 e. The van der Waals surface area contributed by atoms with Gasteiger partial charge in [0.15, 0.2) is 0 Å². The predicted octanol–water partition coefficient (Wildman–Crippen LogP) is 2.78. The lowest BCUT2D eigenvalue weighted by Gasteiger charge is -2.44. The summed E-state index contributed by atoms with van der Waals surface area (Å²) in [5.41, 5.74) is 1.25. The first-order chi connectivity index (χ1) is 10.3. The number of piperidine rings is 1. The molecule has 0 aliphatic carbocycles. The van der Waals surface area contributed by atoms with E-state index in [1.54, 1.807) is 12.4 Å². The summed E-state index contributed by atoms with van der Waals surface area (Å²) in [7, 11) is 0. The van der Waals surface area contributed by atoms with Crippen molar-refractivity contribution < 1.29 is 4.79 Å². The lowest BCUT2D eigenvalue weighted by molar-refractivity contribution is -0.125. The Kier molecular flexibility index (Phi) is 4.30. The fourth-order valence-electron chi connectivity index (χ4n) is 2.95. The number of rotatable bonds is 3. The zero-order valence-electron chi connectivity index (χ0n) is 11.6. The number of carbonyl (C=O) groups excluding carboxylic acids is 1. The van der Waals surface area contributed by atoms with Crippen LogP contribution >= 0.6 is 22.6 Å². The Morgan fingerprint density at radius 3 is 2.19 bits per heavy atom. The van der Waals surface area contributed by atoms with Crippen molar-refractivity contribution in [3.8, 4) is 0 Å². The molecule has 3 rings (SSSR count). The number of aromatic nitrogens is 2. The van der Waals surface area contributed by atoms with Crippen molar-refractivity contribution in [3.63, 3.8) is 0 Å². The predicted molar refractivity (Wildman–Crippen MR) is 89.1 cm³/mol. The van der Waals surface area contributed by atoms with Gasteiger partial charge in [0.1, 0.15) is 11.3 Å². The van der Waals surface area contributed by atoms with E-state index in [4.69, 9.17) is 0 Å². The number of likely N-dealkylation sites (tertiary alicyclic amines) is 1. The van der Waals surface area contributed by atoms with E-state index in [1.807, 2.05) is 36.4 Å². The van der Waals surface area contributed by atoms with Crippen molar-refractivity contribution >= 4 is 28.4 Å². The second kappa shape index (κ2) is 6.19. The fraction of sp³-hybridized carbons (Fsp3) is 0.312. The van der Waals surface area contributed by atoms with Crippen LogP contribution in [0.5, 0.6) is 0 Å². The number of nitrogens with zero attached hydrogens (tertiary/aromatic N) is 3. The summed E-state index contributed by atoms with van der Waals surface area (Å²) < 4.78 is 0.832. The van der Waals surface area contributed by atoms with Crippen LogP contribution in [-0.2, 0) is 10.3 Å². The minimum atomic E-state index is -0.543. The van der Waals surface area contributed by atoms with Gasteiger partial charge in [-0.1, -0.05) is 34.7 Å². The summed E-state index contributed by atoms with van der Waals surface area (Å²) in [4.78, 5) is 23.6. The lowest BCUT2D eigenvalue weighted by Crippen LogP contribution is -2.53. The molecule has 5 heteroatoms. The van der Waals surface area contributed by atoms with E-state index >= 15 is 0 Å². The first-order valence-corrected chi connectivity index (χ1v) is 8.45. The second-order valence-electron chi connectivity index (χ2n) is 5.14. The third-order valence-corrected chi connectivity index (χ3v) is 4.80. The van der Waals surface area contributed by atoms with Gasteiger partial charge in [-0.25, -0.2) is 0 Å². The molecular weight excluding hydrogens is 377 g/mol. The van der Waals surface area contributed by atoms with Crippen LogP contribution in [0.3, 0.4) is 0 Å². The Labute approximate surface area is 137 Å². The molecule has 0 N–H and O–H groups in total. The highest BCUT2D eigenvalue weighted by Crippen LogP contribution is 2.40. The Morgan fingerprint density at radius 1 is 1.10 bits per heavy atom. The molecule has 0 aromatic carbocycles. The topological polar surface area (TPSA) is 46.1 Å². The Bertz CT molecular complexity index is 578. The van der Waals surface area contributed by atoms with Crippen molar-refractivity contribution in [1.29, 1.82) is 0 Å². The first kappa shape index (κ1) is 14.6. The highest BCUT2D eigenvalue weighted by Gasteiger charge is 2.46. The van der Waals surface area contributed by atoms with Gasteiger partial charge in [-0.2, -0.15) is 0 Å². The smallest absolute Gasteiger partial charge is 0.136 e. The van der Waals surface area contributed by atoms with Crippen LogP contribution in [0.25, 0.3) is 0 Å². The standard InChI is InChI=1S/C16H16IN3O/c17-12-20-10-7-13(21)11-16(20,14-5-1-3-8-18-14)15-6-2-4-9-19-15/h1-6,8-9H,7,10-12H2. The quantitative estimate of drug-likeness (QED) is 0.457. The molecule has 1 aliphatic rings. The highest BCUT2D eigenvalue weighted by atomic mass is 127. The van der Waals surface area contributed by atoms with E-state index in [-0.39, 0.29) is 5.78 Å². The molecule has 108 valence electrons. The van der Waals surface area contributed by atoms with Crippen LogP contribution in [0.2, 0.25) is 0 Å². The molecule has 0 saturated carbocycles. The maximum atomic E-state index is 12.2. The molecule has 0 unspecified atom stereocenters. The minimum Gasteiger partial charge on any atom is -0.300 e. The molecule has 0 atom stereocenters. The molecular formula is C16H16IN3O. The highest BCUT2D eigenvalue weighted by molar-refractivity contribution is 14.1. The summed E-state index contributed by atoms with van der Waals surface area (Å²) in [6, 6.07) is 11.7. The van der Waals surface area contributed by atoms with Crippen LogP contribution < -0.4 is 0 Å². The van der Waals surface area contributed by atoms with Gasteiger partial charge < -0.3 is 0 Å². The van der Waals surface area contributed by atoms with Crippen LogP contribution in [-0.4, -0.2) is 31.7 Å². The van der Waals surface area contributed by atoms with Gasteiger partial charge in [-0.3, -0.25) is 19.7 Å². The average Bonchev–Trinajstić information content (AvgIpc) is 2.56. The van der Waals surface area contributed by atoms with Crippen molar-refractivity contribution in [2.24, 2.45) is 0 Å². The van der Waals surface area contributed by atoms with Gasteiger partial charge in [0, 0.05) is 31.8 Å². The Morgan fingerprint density at radius 2 is 1.71 bits per heavy atom. The van der Waals surface area contributed by atoms with Crippen LogP contribution in [0.15, 0.2) is 48.8 Å². The number of Topliss-reactive ketones (excluding diaryl/α,β-unsaturated/α-hetero) is 1. The molecule has 0 bridgehead atoms. The number of hydrogen-bond acceptors (Lipinski definition) is 4. The molecule has 3 heterocycles. The molecule has 4 nitrogen and oxygen atoms in total. The van der Waals surface area contributed by atoms with E-state index in [0.717, 1.165) is 22.5 Å². The molecule has 1 fully saturated rings. The summed E-state index contributed by atoms with van der Waals surface area (Å²) >= 11 is 2.35. The van der Waals surface area contributed by atoms with Gasteiger partial charge in [0.05, 0.1) is 15.9 Å². The number of carbonyl (C=O) groups is 1. The maximum absolute atomic E-state index is 12.2. The first-order valence-electron chi connectivity index (χ1n) is 6.93. The second-order valence-corrected chi connectivity index (χ2v) is 5.82. The Balaban J connectivity index is 2.21. The molecule has 0 spiro atoms. The van der Waals surface area contributed by atoms with Crippen molar-refractivity contribution in [2.75, 3.05) is 11.1 Å². The van der Waals surface area contributed by atoms with E-state index in [9.17, 15) is 4.79 Å². The Hall–Kier alpha value is -1.34. The van der Waals surface area contributed by atoms with Gasteiger partial charge in [-0.05, 0) is 24.3 Å². The SMILES string of the molecule is O=C1CCN(CI)C(c2ccccn2)(c2ccccn2)C1. The monoisotopic (exact) mass is 393 g/mol. The molecule has 0 radical (unpaired) electrons. The van der Waals surface area contributed by atoms with Crippen LogP contribution in [0.1, 0.15) is 24.2 Å². The molecule has 21 heavy (non-hydrogen) atoms. The number of ketones is 1. The summed E-state index contributed by atoms with van der Waals surface area (Å²) in [5.74, 6) is 0.271. The van der Waals surface area contributed by atoms with Gasteiger partial charge in [-0.15, -0.1) is 0 Å². The van der Waals surface area contributed by atoms with Crippen molar-refractivity contribution in [2.45, 2.75) is 18.4 Å². The van der Waals surface area contributed by atoms with Crippen LogP contribution in [0, 0.1) is 0 Å². The maximum Gasteiger partial charge on any atom is 0.136 e. The third-order valence-electron chi connectivity index (χ3n) is 3.97. The number of pyridine rings is 2. The van der Waals surface area contributed by atoms with Gasteiger partial charge >= 0.3 is 0 Å². The normalized spacial score (nSPS) is 18.6. The zero-order valence-corrected chi connectivity index (χ0v) is 13.7. The summed E-state index contributed by atoms with van der Waals surface area (Å²) in [6.07, 6.45) is 4.60. The van der Waals surface area contributed by atoms with Gasteiger partial charge in [0.25, 0.3) is 0 Å². The lowest BCUT2D eigenvalue weighted by atomic mass is 9.80. The third kappa shape index (κ3) is 2.60. The van der Waals surface area contributed by atoms with E-state index in [2.05, 4.69) is 37.5 Å². The molecule has 1 saturated heterocycles. The van der Waals surface area contributed by atoms with Crippen molar-refractivity contribution in [1.82, 2.24) is 14.9 Å². The number of hydrogen-bond donors (Lipinski definition) is 0. The minimum absolute atomic E-state index is 0.271. The molecule has 2 aromatic heterocycles. The van der Waals surface area contributed by atoms with Crippen LogP contribution in [0.4, 0.5) is 0 Å². The zero-order chi connectivity index (χ0) is 14.7. The van der Waals surface area contributed by atoms with Crippen molar-refractivity contribution in [3.05, 3.63) is 60.2 Å². The summed E-state index contributed by atoms with van der Waals surface area (Å²) in [6.45, 7) is 0.745. The fourth-order valence-corrected chi connectivity index (χ4v) is 3.87.